The molecule has 2 aliphatic heterocycles. The van der Waals surface area contributed by atoms with Crippen LogP contribution < -0.4 is 15.1 Å². The topological polar surface area (TPSA) is 113 Å². The van der Waals surface area contributed by atoms with Crippen molar-refractivity contribution >= 4 is 29.1 Å². The number of rotatable bonds is 11. The summed E-state index contributed by atoms with van der Waals surface area (Å²) in [6.07, 6.45) is 3.48. The Labute approximate surface area is 252 Å². The molecule has 3 aromatic rings. The predicted molar refractivity (Wildman–Crippen MR) is 165 cm³/mol. The molecule has 2 atom stereocenters. The van der Waals surface area contributed by atoms with E-state index in [2.05, 4.69) is 5.32 Å². The molecule has 9 nitrogen and oxygen atoms in total. The lowest BCUT2D eigenvalue weighted by molar-refractivity contribution is -0.139. The van der Waals surface area contributed by atoms with Gasteiger partial charge in [0, 0.05) is 49.8 Å². The Balaban J connectivity index is 1.31. The van der Waals surface area contributed by atoms with Crippen LogP contribution in [0.4, 0.5) is 11.4 Å². The van der Waals surface area contributed by atoms with E-state index in [9.17, 15) is 24.6 Å². The zero-order valence-corrected chi connectivity index (χ0v) is 24.4. The molecule has 0 aliphatic carbocycles. The number of aliphatic hydroxyl groups is 2. The van der Waals surface area contributed by atoms with E-state index in [4.69, 9.17) is 0 Å². The van der Waals surface area contributed by atoms with E-state index in [0.717, 1.165) is 16.8 Å². The molecule has 1 saturated heterocycles. The van der Waals surface area contributed by atoms with E-state index in [-0.39, 0.29) is 37.9 Å². The normalized spacial score (nSPS) is 19.1. The van der Waals surface area contributed by atoms with Crippen molar-refractivity contribution < 1.29 is 24.6 Å². The highest BCUT2D eigenvalue weighted by Crippen LogP contribution is 2.45. The van der Waals surface area contributed by atoms with Crippen LogP contribution in [0.3, 0.4) is 0 Å². The van der Waals surface area contributed by atoms with Crippen molar-refractivity contribution in [2.24, 2.45) is 5.92 Å². The Morgan fingerprint density at radius 1 is 1.05 bits per heavy atom. The molecule has 3 N–H and O–H groups in total. The molecule has 224 valence electrons. The minimum Gasteiger partial charge on any atom is -0.395 e. The summed E-state index contributed by atoms with van der Waals surface area (Å²) in [6, 6.07) is 24.4. The van der Waals surface area contributed by atoms with Gasteiger partial charge in [0.15, 0.2) is 5.60 Å². The van der Waals surface area contributed by atoms with Crippen LogP contribution >= 0.6 is 0 Å². The smallest absolute Gasteiger partial charge is 0.264 e. The molecule has 9 heteroatoms. The number of fused-ring (bicyclic) bond motifs is 1. The minimum absolute atomic E-state index is 0.000916. The number of nitrogens with one attached hydrogen (secondary N) is 1. The van der Waals surface area contributed by atoms with E-state index < -0.39 is 17.4 Å². The Kier molecular flexibility index (Phi) is 9.35. The number of amides is 3. The van der Waals surface area contributed by atoms with Crippen molar-refractivity contribution in [1.82, 2.24) is 10.2 Å². The van der Waals surface area contributed by atoms with Gasteiger partial charge >= 0.3 is 0 Å². The van der Waals surface area contributed by atoms with Crippen molar-refractivity contribution in [2.45, 2.75) is 32.0 Å². The summed E-state index contributed by atoms with van der Waals surface area (Å²) in [4.78, 5) is 44.3. The first kappa shape index (κ1) is 30.2. The third-order valence-corrected chi connectivity index (χ3v) is 8.14. The SMILES string of the molecule is C[C@@H](/C=C/CC(=O)N(CCO)Cc1ccccc1)[C@]1(O)C(=O)N(Cc2cccc(N3CCNCC3=O)c2)c2ccccc21. The third-order valence-electron chi connectivity index (χ3n) is 8.14. The van der Waals surface area contributed by atoms with Crippen LogP contribution in [0.1, 0.15) is 30.0 Å². The molecule has 5 rings (SSSR count). The van der Waals surface area contributed by atoms with E-state index >= 15 is 0 Å². The number of para-hydroxylation sites is 1. The summed E-state index contributed by atoms with van der Waals surface area (Å²) < 4.78 is 0. The Morgan fingerprint density at radius 2 is 1.79 bits per heavy atom. The maximum Gasteiger partial charge on any atom is 0.264 e. The summed E-state index contributed by atoms with van der Waals surface area (Å²) in [7, 11) is 0. The number of anilines is 2. The van der Waals surface area contributed by atoms with Crippen LogP contribution in [0.15, 0.2) is 91.0 Å². The number of benzene rings is 3. The van der Waals surface area contributed by atoms with E-state index in [1.165, 1.54) is 0 Å². The zero-order valence-electron chi connectivity index (χ0n) is 24.4. The van der Waals surface area contributed by atoms with Gasteiger partial charge in [0.05, 0.1) is 25.4 Å². The van der Waals surface area contributed by atoms with Gasteiger partial charge in [-0.25, -0.2) is 0 Å². The van der Waals surface area contributed by atoms with Crippen molar-refractivity contribution in [1.29, 1.82) is 0 Å². The van der Waals surface area contributed by atoms with Gasteiger partial charge in [-0.15, -0.1) is 0 Å². The van der Waals surface area contributed by atoms with Crippen LogP contribution in [-0.4, -0.2) is 65.6 Å². The summed E-state index contributed by atoms with van der Waals surface area (Å²) in [6.45, 7) is 4.04. The highest BCUT2D eigenvalue weighted by Gasteiger charge is 2.52. The minimum atomic E-state index is -1.81. The number of aliphatic hydroxyl groups excluding tert-OH is 1. The van der Waals surface area contributed by atoms with E-state index in [1.54, 1.807) is 45.9 Å². The van der Waals surface area contributed by atoms with Crippen molar-refractivity contribution in [2.75, 3.05) is 42.6 Å². The quantitative estimate of drug-likeness (QED) is 0.300. The molecule has 43 heavy (non-hydrogen) atoms. The van der Waals surface area contributed by atoms with E-state index in [1.807, 2.05) is 66.7 Å². The van der Waals surface area contributed by atoms with Gasteiger partial charge in [0.2, 0.25) is 11.8 Å². The number of piperazine rings is 1. The molecule has 0 aromatic heterocycles. The molecular formula is C34H38N4O5. The highest BCUT2D eigenvalue weighted by molar-refractivity contribution is 6.07. The average molecular weight is 583 g/mol. The van der Waals surface area contributed by atoms with Crippen molar-refractivity contribution in [3.8, 4) is 0 Å². The summed E-state index contributed by atoms with van der Waals surface area (Å²) in [5.74, 6) is -1.22. The van der Waals surface area contributed by atoms with Gasteiger partial charge in [-0.1, -0.05) is 79.7 Å². The highest BCUT2D eigenvalue weighted by atomic mass is 16.3. The lowest BCUT2D eigenvalue weighted by Gasteiger charge is -2.29. The molecule has 0 radical (unpaired) electrons. The maximum atomic E-state index is 13.9. The van der Waals surface area contributed by atoms with Crippen molar-refractivity contribution in [3.05, 3.63) is 108 Å². The lowest BCUT2D eigenvalue weighted by atomic mass is 9.83. The van der Waals surface area contributed by atoms with Crippen LogP contribution in [0.2, 0.25) is 0 Å². The monoisotopic (exact) mass is 582 g/mol. The second-order valence-electron chi connectivity index (χ2n) is 11.0. The second kappa shape index (κ2) is 13.3. The fourth-order valence-corrected chi connectivity index (χ4v) is 5.80. The first-order valence-corrected chi connectivity index (χ1v) is 14.7. The summed E-state index contributed by atoms with van der Waals surface area (Å²) in [5.41, 5.74) is 1.93. The Morgan fingerprint density at radius 3 is 2.56 bits per heavy atom. The fraction of sp³-hybridized carbons (Fsp3) is 0.324. The fourth-order valence-electron chi connectivity index (χ4n) is 5.80. The summed E-state index contributed by atoms with van der Waals surface area (Å²) >= 11 is 0. The van der Waals surface area contributed by atoms with Crippen LogP contribution in [0.5, 0.6) is 0 Å². The third kappa shape index (κ3) is 6.39. The van der Waals surface area contributed by atoms with Gasteiger partial charge in [0.1, 0.15) is 0 Å². The molecule has 1 fully saturated rings. The molecule has 3 amide bonds. The van der Waals surface area contributed by atoms with Crippen LogP contribution in [-0.2, 0) is 33.1 Å². The lowest BCUT2D eigenvalue weighted by Crippen LogP contribution is -2.48. The number of hydrogen-bond acceptors (Lipinski definition) is 6. The van der Waals surface area contributed by atoms with Gasteiger partial charge in [-0.3, -0.25) is 14.4 Å². The van der Waals surface area contributed by atoms with Gasteiger partial charge in [0.25, 0.3) is 5.91 Å². The molecule has 2 aliphatic rings. The first-order valence-electron chi connectivity index (χ1n) is 14.7. The molecule has 0 unspecified atom stereocenters. The average Bonchev–Trinajstić information content (AvgIpc) is 3.24. The first-order chi connectivity index (χ1) is 20.8. The van der Waals surface area contributed by atoms with Crippen LogP contribution in [0.25, 0.3) is 0 Å². The standard InChI is InChI=1S/C34H38N4O5/c1-25(9-7-16-31(40)36(19-20-39)23-26-10-3-2-4-11-26)34(43)29-14-5-6-15-30(29)38(33(34)42)24-27-12-8-13-28(21-27)37-18-17-35-22-32(37)41/h2-15,21,25,35,39,43H,16-20,22-24H2,1H3/b9-7+/t25-,34+/m0/s1. The molecule has 0 bridgehead atoms. The zero-order chi connectivity index (χ0) is 30.4. The Hall–Kier alpha value is -4.31. The number of carbonyl (C=O) groups excluding carboxylic acids is 3. The molecule has 0 saturated carbocycles. The van der Waals surface area contributed by atoms with Crippen LogP contribution in [0, 0.1) is 5.92 Å². The van der Waals surface area contributed by atoms with Crippen molar-refractivity contribution in [3.63, 3.8) is 0 Å². The molecule has 0 spiro atoms. The number of carbonyl (C=O) groups is 3. The largest absolute Gasteiger partial charge is 0.395 e. The molecule has 3 aromatic carbocycles. The Bertz CT molecular complexity index is 1490. The summed E-state index contributed by atoms with van der Waals surface area (Å²) in [5, 5.41) is 24.5. The second-order valence-corrected chi connectivity index (χ2v) is 11.0. The van der Waals surface area contributed by atoms with E-state index in [0.29, 0.717) is 37.4 Å². The molecule has 2 heterocycles. The predicted octanol–water partition coefficient (Wildman–Crippen LogP) is 2.96. The maximum absolute atomic E-state index is 13.9. The molecular weight excluding hydrogens is 544 g/mol. The van der Waals surface area contributed by atoms with Gasteiger partial charge in [-0.05, 0) is 29.3 Å². The number of nitrogens with zero attached hydrogens (tertiary/aromatic N) is 3. The van der Waals surface area contributed by atoms with Gasteiger partial charge in [-0.2, -0.15) is 0 Å². The number of hydrogen-bond donors (Lipinski definition) is 3. The van der Waals surface area contributed by atoms with Gasteiger partial charge < -0.3 is 30.2 Å².